The smallest absolute Gasteiger partial charge is 0.203 e. The fraction of sp³-hybridized carbons (Fsp3) is 0.400. The van der Waals surface area contributed by atoms with Gasteiger partial charge in [0.05, 0.1) is 29.0 Å². The van der Waals surface area contributed by atoms with E-state index < -0.39 is 0 Å². The number of nitrogens with zero attached hydrogens (tertiary/aromatic N) is 1. The molecule has 4 heteroatoms. The molecule has 74 valence electrons. The summed E-state index contributed by atoms with van der Waals surface area (Å²) in [4.78, 5) is 16.7. The molecule has 0 saturated carbocycles. The molecule has 0 aromatic carbocycles. The molecule has 1 aromatic heterocycles. The van der Waals surface area contributed by atoms with Crippen LogP contribution in [0.3, 0.4) is 0 Å². The monoisotopic (exact) mass is 209 g/mol. The van der Waals surface area contributed by atoms with E-state index in [1.807, 2.05) is 6.92 Å². The second-order valence-electron chi connectivity index (χ2n) is 3.21. The predicted octanol–water partition coefficient (Wildman–Crippen LogP) is 2.33. The van der Waals surface area contributed by atoms with Gasteiger partial charge in [0.1, 0.15) is 0 Å². The summed E-state index contributed by atoms with van der Waals surface area (Å²) in [6.07, 6.45) is 3.33. The van der Waals surface area contributed by atoms with Crippen molar-refractivity contribution in [2.75, 3.05) is 6.61 Å². The Balaban J connectivity index is 2.23. The molecule has 0 aliphatic carbocycles. The third-order valence-electron chi connectivity index (χ3n) is 2.18. The Morgan fingerprint density at radius 1 is 1.64 bits per heavy atom. The summed E-state index contributed by atoms with van der Waals surface area (Å²) in [6.45, 7) is 2.58. The van der Waals surface area contributed by atoms with Crippen molar-refractivity contribution in [3.63, 3.8) is 0 Å². The maximum Gasteiger partial charge on any atom is 0.203 e. The fourth-order valence-corrected chi connectivity index (χ4v) is 2.17. The summed E-state index contributed by atoms with van der Waals surface area (Å²) >= 11 is 1.39. The molecule has 0 N–H and O–H groups in total. The number of carbonyl (C=O) groups excluding carboxylic acids is 1. The normalized spacial score (nSPS) is 15.9. The first-order chi connectivity index (χ1) is 6.79. The summed E-state index contributed by atoms with van der Waals surface area (Å²) < 4.78 is 5.14. The van der Waals surface area contributed by atoms with Gasteiger partial charge in [0.2, 0.25) is 5.78 Å². The minimum Gasteiger partial charge on any atom is -0.501 e. The van der Waals surface area contributed by atoms with E-state index in [1.165, 1.54) is 11.3 Å². The lowest BCUT2D eigenvalue weighted by atomic mass is 10.0. The number of Topliss-reactive ketones (excluding diaryl/α,β-unsaturated/α-hetero) is 1. The fourth-order valence-electron chi connectivity index (χ4n) is 1.40. The molecule has 1 aliphatic rings. The van der Waals surface area contributed by atoms with Gasteiger partial charge in [0.15, 0.2) is 0 Å². The van der Waals surface area contributed by atoms with Crippen LogP contribution in [0.25, 0.3) is 0 Å². The molecule has 2 heterocycles. The number of carbonyl (C=O) groups is 1. The van der Waals surface area contributed by atoms with E-state index in [9.17, 15) is 4.79 Å². The van der Waals surface area contributed by atoms with Crippen LogP contribution in [-0.4, -0.2) is 17.4 Å². The standard InChI is InChI=1S/C10H11NO2S/c1-7-10(14-6-11-7)9(12)8-3-2-4-13-5-8/h5-6H,2-4H2,1H3. The number of hydrogen-bond acceptors (Lipinski definition) is 4. The highest BCUT2D eigenvalue weighted by Crippen LogP contribution is 2.21. The van der Waals surface area contributed by atoms with Crippen molar-refractivity contribution in [1.82, 2.24) is 4.98 Å². The van der Waals surface area contributed by atoms with Gasteiger partial charge in [0, 0.05) is 5.57 Å². The van der Waals surface area contributed by atoms with Crippen LogP contribution in [0.1, 0.15) is 28.2 Å². The quantitative estimate of drug-likeness (QED) is 0.702. The van der Waals surface area contributed by atoms with Gasteiger partial charge >= 0.3 is 0 Å². The summed E-state index contributed by atoms with van der Waals surface area (Å²) in [5.41, 5.74) is 3.28. The van der Waals surface area contributed by atoms with Gasteiger partial charge < -0.3 is 4.74 Å². The van der Waals surface area contributed by atoms with Crippen LogP contribution in [0.15, 0.2) is 17.3 Å². The van der Waals surface area contributed by atoms with Gasteiger partial charge in [-0.15, -0.1) is 11.3 Å². The van der Waals surface area contributed by atoms with Crippen molar-refractivity contribution in [1.29, 1.82) is 0 Å². The van der Waals surface area contributed by atoms with Crippen molar-refractivity contribution >= 4 is 17.1 Å². The van der Waals surface area contributed by atoms with Crippen LogP contribution < -0.4 is 0 Å². The van der Waals surface area contributed by atoms with Crippen LogP contribution in [0.4, 0.5) is 0 Å². The highest BCUT2D eigenvalue weighted by Gasteiger charge is 2.18. The third kappa shape index (κ3) is 1.70. The van der Waals surface area contributed by atoms with Crippen molar-refractivity contribution in [3.8, 4) is 0 Å². The highest BCUT2D eigenvalue weighted by molar-refractivity contribution is 7.12. The number of allylic oxidation sites excluding steroid dienone is 1. The second kappa shape index (κ2) is 3.92. The SMILES string of the molecule is Cc1ncsc1C(=O)C1=COCCC1. The van der Waals surface area contributed by atoms with E-state index in [1.54, 1.807) is 11.8 Å². The summed E-state index contributed by atoms with van der Waals surface area (Å²) in [5, 5.41) is 0. The zero-order chi connectivity index (χ0) is 9.97. The lowest BCUT2D eigenvalue weighted by Gasteiger charge is -2.11. The van der Waals surface area contributed by atoms with E-state index in [-0.39, 0.29) is 5.78 Å². The number of aromatic nitrogens is 1. The number of ether oxygens (including phenoxy) is 1. The zero-order valence-electron chi connectivity index (χ0n) is 7.95. The van der Waals surface area contributed by atoms with Crippen LogP contribution in [0.5, 0.6) is 0 Å². The van der Waals surface area contributed by atoms with E-state index in [2.05, 4.69) is 4.98 Å². The van der Waals surface area contributed by atoms with Crippen molar-refractivity contribution < 1.29 is 9.53 Å². The molecular formula is C10H11NO2S. The average molecular weight is 209 g/mol. The molecule has 0 atom stereocenters. The Kier molecular flexibility index (Phi) is 2.63. The summed E-state index contributed by atoms with van der Waals surface area (Å²) in [6, 6.07) is 0. The number of hydrogen-bond donors (Lipinski definition) is 0. The topological polar surface area (TPSA) is 39.2 Å². The zero-order valence-corrected chi connectivity index (χ0v) is 8.76. The maximum atomic E-state index is 11.9. The number of ketones is 1. The molecule has 3 nitrogen and oxygen atoms in total. The number of rotatable bonds is 2. The van der Waals surface area contributed by atoms with Gasteiger partial charge in [-0.25, -0.2) is 4.98 Å². The van der Waals surface area contributed by atoms with Crippen LogP contribution in [0, 0.1) is 6.92 Å². The molecule has 0 spiro atoms. The largest absolute Gasteiger partial charge is 0.501 e. The first kappa shape index (κ1) is 9.40. The van der Waals surface area contributed by atoms with Gasteiger partial charge in [-0.05, 0) is 19.8 Å². The molecule has 0 amide bonds. The molecular weight excluding hydrogens is 198 g/mol. The van der Waals surface area contributed by atoms with Crippen molar-refractivity contribution in [3.05, 3.63) is 27.9 Å². The van der Waals surface area contributed by atoms with Gasteiger partial charge in [-0.3, -0.25) is 4.79 Å². The Morgan fingerprint density at radius 3 is 3.07 bits per heavy atom. The molecule has 1 aliphatic heterocycles. The lowest BCUT2D eigenvalue weighted by molar-refractivity contribution is 0.101. The average Bonchev–Trinajstić information content (AvgIpc) is 2.65. The Labute approximate surface area is 86.4 Å². The van der Waals surface area contributed by atoms with E-state index in [4.69, 9.17) is 4.74 Å². The minimum absolute atomic E-state index is 0.0738. The second-order valence-corrected chi connectivity index (χ2v) is 4.07. The molecule has 0 saturated heterocycles. The molecule has 0 radical (unpaired) electrons. The van der Waals surface area contributed by atoms with Crippen molar-refractivity contribution in [2.24, 2.45) is 0 Å². The lowest BCUT2D eigenvalue weighted by Crippen LogP contribution is -2.09. The molecule has 2 rings (SSSR count). The Bertz CT molecular complexity index is 381. The summed E-state index contributed by atoms with van der Waals surface area (Å²) in [5.74, 6) is 0.0738. The van der Waals surface area contributed by atoms with E-state index in [0.29, 0.717) is 0 Å². The molecule has 14 heavy (non-hydrogen) atoms. The predicted molar refractivity (Wildman–Crippen MR) is 54.5 cm³/mol. The van der Waals surface area contributed by atoms with Crippen LogP contribution in [-0.2, 0) is 4.74 Å². The number of aryl methyl sites for hydroxylation is 1. The molecule has 0 fully saturated rings. The summed E-state index contributed by atoms with van der Waals surface area (Å²) in [7, 11) is 0. The highest BCUT2D eigenvalue weighted by atomic mass is 32.1. The first-order valence-electron chi connectivity index (χ1n) is 4.54. The molecule has 0 unspecified atom stereocenters. The number of thiazole rings is 1. The van der Waals surface area contributed by atoms with Gasteiger partial charge in [-0.2, -0.15) is 0 Å². The Hall–Kier alpha value is -1.16. The Morgan fingerprint density at radius 2 is 2.50 bits per heavy atom. The van der Waals surface area contributed by atoms with Crippen LogP contribution in [0.2, 0.25) is 0 Å². The van der Waals surface area contributed by atoms with Gasteiger partial charge in [0.25, 0.3) is 0 Å². The molecule has 1 aromatic rings. The van der Waals surface area contributed by atoms with E-state index in [0.717, 1.165) is 35.6 Å². The minimum atomic E-state index is 0.0738. The van der Waals surface area contributed by atoms with Crippen LogP contribution >= 0.6 is 11.3 Å². The third-order valence-corrected chi connectivity index (χ3v) is 3.10. The molecule has 0 bridgehead atoms. The van der Waals surface area contributed by atoms with Gasteiger partial charge in [-0.1, -0.05) is 0 Å². The van der Waals surface area contributed by atoms with E-state index >= 15 is 0 Å². The van der Waals surface area contributed by atoms with Crippen molar-refractivity contribution in [2.45, 2.75) is 19.8 Å². The maximum absolute atomic E-state index is 11.9. The first-order valence-corrected chi connectivity index (χ1v) is 5.42.